The number of ether oxygens (including phenoxy) is 2. The van der Waals surface area contributed by atoms with Gasteiger partial charge in [-0.3, -0.25) is 4.90 Å². The Bertz CT molecular complexity index is 677. The Labute approximate surface area is 143 Å². The summed E-state index contributed by atoms with van der Waals surface area (Å²) in [5.41, 5.74) is 0.944. The topological polar surface area (TPSA) is 47.7 Å². The number of halogens is 3. The average Bonchev–Trinajstić information content (AvgIpc) is 2.95. The molecule has 0 amide bonds. The number of hydrogen-bond acceptors (Lipinski definition) is 5. The van der Waals surface area contributed by atoms with E-state index < -0.39 is 6.36 Å². The molecular formula is C17H19F3N2O3. The second-order valence-corrected chi connectivity index (χ2v) is 5.97. The Balaban J connectivity index is 1.46. The van der Waals surface area contributed by atoms with E-state index in [1.807, 2.05) is 6.92 Å². The first-order valence-corrected chi connectivity index (χ1v) is 8.03. The summed E-state index contributed by atoms with van der Waals surface area (Å²) >= 11 is 0. The highest BCUT2D eigenvalue weighted by atomic mass is 19.4. The van der Waals surface area contributed by atoms with Crippen LogP contribution >= 0.6 is 0 Å². The lowest BCUT2D eigenvalue weighted by atomic mass is 10.1. The molecule has 0 aliphatic carbocycles. The Morgan fingerprint density at radius 2 is 1.80 bits per heavy atom. The largest absolute Gasteiger partial charge is 0.573 e. The maximum atomic E-state index is 12.1. The summed E-state index contributed by atoms with van der Waals surface area (Å²) in [4.78, 5) is 6.48. The fraction of sp³-hybridized carbons (Fsp3) is 0.471. The van der Waals surface area contributed by atoms with Gasteiger partial charge in [0.15, 0.2) is 6.39 Å². The standard InChI is InChI=1S/C17H19F3N2O3/c1-12-16(21-11-23-12)10-22-8-6-14(7-9-22)24-13-2-4-15(5-3-13)25-17(18,19)20/h2-5,11,14H,6-10H2,1H3. The molecule has 0 radical (unpaired) electrons. The maximum Gasteiger partial charge on any atom is 0.573 e. The number of oxazole rings is 1. The monoisotopic (exact) mass is 356 g/mol. The number of aromatic nitrogens is 1. The van der Waals surface area contributed by atoms with Crippen LogP contribution in [0.4, 0.5) is 13.2 Å². The van der Waals surface area contributed by atoms with Gasteiger partial charge >= 0.3 is 6.36 Å². The molecule has 5 nitrogen and oxygen atoms in total. The number of aryl methyl sites for hydroxylation is 1. The molecule has 1 aromatic heterocycles. The van der Waals surface area contributed by atoms with E-state index in [1.54, 1.807) is 0 Å². The van der Waals surface area contributed by atoms with Crippen molar-refractivity contribution >= 4 is 0 Å². The van der Waals surface area contributed by atoms with Gasteiger partial charge in [0.2, 0.25) is 0 Å². The third kappa shape index (κ3) is 5.12. The summed E-state index contributed by atoms with van der Waals surface area (Å²) in [5.74, 6) is 1.12. The van der Waals surface area contributed by atoms with Gasteiger partial charge in [-0.25, -0.2) is 4.98 Å². The van der Waals surface area contributed by atoms with Crippen molar-refractivity contribution in [1.29, 1.82) is 0 Å². The number of rotatable bonds is 5. The second-order valence-electron chi connectivity index (χ2n) is 5.97. The molecule has 2 aromatic rings. The van der Waals surface area contributed by atoms with Gasteiger partial charge in [0.05, 0.1) is 5.69 Å². The zero-order valence-electron chi connectivity index (χ0n) is 13.8. The van der Waals surface area contributed by atoms with Gasteiger partial charge in [0, 0.05) is 19.6 Å². The van der Waals surface area contributed by atoms with Crippen LogP contribution in [0.15, 0.2) is 35.1 Å². The second kappa shape index (κ2) is 7.35. The third-order valence-corrected chi connectivity index (χ3v) is 4.11. The molecule has 1 aromatic carbocycles. The van der Waals surface area contributed by atoms with Crippen LogP contribution in [0.3, 0.4) is 0 Å². The Hall–Kier alpha value is -2.22. The Morgan fingerprint density at radius 1 is 1.16 bits per heavy atom. The van der Waals surface area contributed by atoms with Crippen molar-refractivity contribution in [3.05, 3.63) is 42.1 Å². The van der Waals surface area contributed by atoms with Gasteiger partial charge in [-0.05, 0) is 44.0 Å². The minimum atomic E-state index is -4.68. The highest BCUT2D eigenvalue weighted by Crippen LogP contribution is 2.26. The molecule has 8 heteroatoms. The first-order valence-electron chi connectivity index (χ1n) is 8.03. The molecule has 0 unspecified atom stereocenters. The van der Waals surface area contributed by atoms with Gasteiger partial charge in [-0.1, -0.05) is 0 Å². The summed E-state index contributed by atoms with van der Waals surface area (Å²) in [6, 6.07) is 5.50. The molecule has 25 heavy (non-hydrogen) atoms. The van der Waals surface area contributed by atoms with Gasteiger partial charge in [0.25, 0.3) is 0 Å². The highest BCUT2D eigenvalue weighted by Gasteiger charge is 2.31. The summed E-state index contributed by atoms with van der Waals surface area (Å²) < 4.78 is 51.3. The molecule has 1 fully saturated rings. The molecule has 136 valence electrons. The fourth-order valence-electron chi connectivity index (χ4n) is 2.79. The van der Waals surface area contributed by atoms with Gasteiger partial charge in [0.1, 0.15) is 23.4 Å². The molecule has 2 heterocycles. The van der Waals surface area contributed by atoms with Crippen molar-refractivity contribution in [2.24, 2.45) is 0 Å². The predicted octanol–water partition coefficient (Wildman–Crippen LogP) is 3.93. The van der Waals surface area contributed by atoms with Crippen molar-refractivity contribution in [1.82, 2.24) is 9.88 Å². The first-order chi connectivity index (χ1) is 11.9. The fourth-order valence-corrected chi connectivity index (χ4v) is 2.79. The van der Waals surface area contributed by atoms with Crippen LogP contribution in [0, 0.1) is 6.92 Å². The minimum absolute atomic E-state index is 0.0454. The van der Waals surface area contributed by atoms with Gasteiger partial charge < -0.3 is 13.9 Å². The van der Waals surface area contributed by atoms with Crippen molar-refractivity contribution in [2.45, 2.75) is 38.8 Å². The van der Waals surface area contributed by atoms with Crippen LogP contribution in [0.1, 0.15) is 24.3 Å². The predicted molar refractivity (Wildman–Crippen MR) is 83.3 cm³/mol. The van der Waals surface area contributed by atoms with Crippen LogP contribution in [0.5, 0.6) is 11.5 Å². The highest BCUT2D eigenvalue weighted by molar-refractivity contribution is 5.31. The molecular weight excluding hydrogens is 337 g/mol. The van der Waals surface area contributed by atoms with E-state index in [4.69, 9.17) is 9.15 Å². The van der Waals surface area contributed by atoms with E-state index in [2.05, 4.69) is 14.6 Å². The number of nitrogens with zero attached hydrogens (tertiary/aromatic N) is 2. The minimum Gasteiger partial charge on any atom is -0.490 e. The molecule has 1 saturated heterocycles. The maximum absolute atomic E-state index is 12.1. The molecule has 3 rings (SSSR count). The zero-order chi connectivity index (χ0) is 17.9. The lowest BCUT2D eigenvalue weighted by Crippen LogP contribution is -2.38. The molecule has 0 saturated carbocycles. The smallest absolute Gasteiger partial charge is 0.490 e. The van der Waals surface area contributed by atoms with Crippen LogP contribution in [-0.2, 0) is 6.54 Å². The lowest BCUT2D eigenvalue weighted by Gasteiger charge is -2.31. The van der Waals surface area contributed by atoms with Gasteiger partial charge in [-0.2, -0.15) is 0 Å². The third-order valence-electron chi connectivity index (χ3n) is 4.11. The normalized spacial score (nSPS) is 16.8. The molecule has 0 spiro atoms. The number of piperidine rings is 1. The summed E-state index contributed by atoms with van der Waals surface area (Å²) in [6.45, 7) is 4.38. The SMILES string of the molecule is Cc1ocnc1CN1CCC(Oc2ccc(OC(F)(F)F)cc2)CC1. The zero-order valence-corrected chi connectivity index (χ0v) is 13.8. The van der Waals surface area contributed by atoms with E-state index in [9.17, 15) is 13.2 Å². The quantitative estimate of drug-likeness (QED) is 0.813. The molecule has 1 aliphatic heterocycles. The first kappa shape index (κ1) is 17.6. The number of benzene rings is 1. The Morgan fingerprint density at radius 3 is 2.36 bits per heavy atom. The number of alkyl halides is 3. The average molecular weight is 356 g/mol. The van der Waals surface area contributed by atoms with Crippen LogP contribution in [-0.4, -0.2) is 35.4 Å². The van der Waals surface area contributed by atoms with Gasteiger partial charge in [-0.15, -0.1) is 13.2 Å². The van der Waals surface area contributed by atoms with E-state index in [-0.39, 0.29) is 11.9 Å². The van der Waals surface area contributed by atoms with Crippen LogP contribution in [0.25, 0.3) is 0 Å². The van der Waals surface area contributed by atoms with E-state index in [0.717, 1.165) is 43.9 Å². The molecule has 0 N–H and O–H groups in total. The van der Waals surface area contributed by atoms with Crippen LogP contribution in [0.2, 0.25) is 0 Å². The van der Waals surface area contributed by atoms with Crippen molar-refractivity contribution in [3.63, 3.8) is 0 Å². The van der Waals surface area contributed by atoms with Crippen molar-refractivity contribution in [2.75, 3.05) is 13.1 Å². The molecule has 0 bridgehead atoms. The van der Waals surface area contributed by atoms with Crippen molar-refractivity contribution in [3.8, 4) is 11.5 Å². The van der Waals surface area contributed by atoms with Crippen molar-refractivity contribution < 1.29 is 27.1 Å². The number of likely N-dealkylation sites (tertiary alicyclic amines) is 1. The lowest BCUT2D eigenvalue weighted by molar-refractivity contribution is -0.274. The summed E-state index contributed by atoms with van der Waals surface area (Å²) in [7, 11) is 0. The summed E-state index contributed by atoms with van der Waals surface area (Å²) in [6.07, 6.45) is -1.50. The summed E-state index contributed by atoms with van der Waals surface area (Å²) in [5, 5.41) is 0. The number of hydrogen-bond donors (Lipinski definition) is 0. The molecule has 0 atom stereocenters. The van der Waals surface area contributed by atoms with Crippen LogP contribution < -0.4 is 9.47 Å². The van der Waals surface area contributed by atoms with E-state index in [0.29, 0.717) is 5.75 Å². The Kier molecular flexibility index (Phi) is 5.17. The van der Waals surface area contributed by atoms with E-state index in [1.165, 1.54) is 30.7 Å². The van der Waals surface area contributed by atoms with E-state index >= 15 is 0 Å². The molecule has 1 aliphatic rings.